The van der Waals surface area contributed by atoms with Crippen molar-refractivity contribution in [3.05, 3.63) is 47.5 Å². The van der Waals surface area contributed by atoms with Gasteiger partial charge in [0.2, 0.25) is 0 Å². The molecule has 1 aromatic carbocycles. The summed E-state index contributed by atoms with van der Waals surface area (Å²) in [5.74, 6) is 0. The Morgan fingerprint density at radius 2 is 2.18 bits per heavy atom. The number of hydrogen-bond acceptors (Lipinski definition) is 3. The minimum atomic E-state index is -0.823. The predicted molar refractivity (Wildman–Crippen MR) is 65.4 cm³/mol. The van der Waals surface area contributed by atoms with Gasteiger partial charge in [0.25, 0.3) is 0 Å². The number of ether oxygens (including phenoxy) is 1. The molecule has 3 atom stereocenters. The monoisotopic (exact) mass is 234 g/mol. The largest absolute Gasteiger partial charge is 0.390 e. The highest BCUT2D eigenvalue weighted by Gasteiger charge is 2.27. The normalized spacial score (nSPS) is 22.6. The van der Waals surface area contributed by atoms with Crippen LogP contribution < -0.4 is 0 Å². The van der Waals surface area contributed by atoms with Crippen LogP contribution in [0.2, 0.25) is 0 Å². The van der Waals surface area contributed by atoms with Gasteiger partial charge in [-0.15, -0.1) is 0 Å². The van der Waals surface area contributed by atoms with Crippen LogP contribution in [0.5, 0.6) is 0 Å². The summed E-state index contributed by atoms with van der Waals surface area (Å²) in [5, 5.41) is 19.5. The summed E-state index contributed by atoms with van der Waals surface area (Å²) in [7, 11) is 0. The molecule has 1 aromatic rings. The summed E-state index contributed by atoms with van der Waals surface area (Å²) < 4.78 is 5.63. The van der Waals surface area contributed by atoms with Crippen LogP contribution in [0.25, 0.3) is 0 Å². The maximum atomic E-state index is 9.85. The lowest BCUT2D eigenvalue weighted by Gasteiger charge is -2.19. The Kier molecular flexibility index (Phi) is 3.94. The molecule has 17 heavy (non-hydrogen) atoms. The van der Waals surface area contributed by atoms with Gasteiger partial charge in [-0.3, -0.25) is 0 Å². The van der Waals surface area contributed by atoms with E-state index in [-0.39, 0.29) is 6.10 Å². The van der Waals surface area contributed by atoms with E-state index in [1.54, 1.807) is 12.2 Å². The van der Waals surface area contributed by atoms with Crippen LogP contribution in [0.1, 0.15) is 30.6 Å². The Hall–Kier alpha value is -1.16. The number of aliphatic hydroxyl groups excluding tert-OH is 2. The van der Waals surface area contributed by atoms with Gasteiger partial charge in [0, 0.05) is 6.42 Å². The van der Waals surface area contributed by atoms with E-state index in [2.05, 4.69) is 0 Å². The molecule has 1 heterocycles. The molecule has 0 amide bonds. The molecule has 0 bridgehead atoms. The van der Waals surface area contributed by atoms with E-state index >= 15 is 0 Å². The fraction of sp³-hybridized carbons (Fsp3) is 0.429. The fourth-order valence-electron chi connectivity index (χ4n) is 2.14. The van der Waals surface area contributed by atoms with Crippen molar-refractivity contribution in [2.75, 3.05) is 0 Å². The first kappa shape index (κ1) is 12.3. The maximum Gasteiger partial charge on any atom is 0.0980 e. The number of benzene rings is 1. The Bertz CT molecular complexity index is 400. The van der Waals surface area contributed by atoms with Gasteiger partial charge in [-0.2, -0.15) is 0 Å². The molecule has 3 unspecified atom stereocenters. The van der Waals surface area contributed by atoms with Crippen LogP contribution in [-0.4, -0.2) is 22.4 Å². The van der Waals surface area contributed by atoms with E-state index < -0.39 is 12.2 Å². The number of hydrogen-bond donors (Lipinski definition) is 2. The van der Waals surface area contributed by atoms with E-state index in [1.807, 2.05) is 31.2 Å². The third-order valence-corrected chi connectivity index (χ3v) is 3.08. The van der Waals surface area contributed by atoms with E-state index in [0.717, 1.165) is 5.56 Å². The number of rotatable bonds is 4. The Morgan fingerprint density at radius 1 is 1.41 bits per heavy atom. The average molecular weight is 234 g/mol. The number of allylic oxidation sites excluding steroid dienone is 1. The van der Waals surface area contributed by atoms with Crippen molar-refractivity contribution < 1.29 is 14.9 Å². The van der Waals surface area contributed by atoms with E-state index in [1.165, 1.54) is 5.56 Å². The molecule has 0 radical (unpaired) electrons. The van der Waals surface area contributed by atoms with Crippen molar-refractivity contribution >= 4 is 0 Å². The van der Waals surface area contributed by atoms with Gasteiger partial charge < -0.3 is 14.9 Å². The SMILES string of the molecule is CC=CC(O)C(O)CC1OCc2ccccc21. The highest BCUT2D eigenvalue weighted by molar-refractivity contribution is 5.31. The average Bonchev–Trinajstić information content (AvgIpc) is 2.73. The van der Waals surface area contributed by atoms with Crippen LogP contribution >= 0.6 is 0 Å². The predicted octanol–water partition coefficient (Wildman–Crippen LogP) is 1.95. The van der Waals surface area contributed by atoms with Gasteiger partial charge >= 0.3 is 0 Å². The number of aliphatic hydroxyl groups is 2. The summed E-state index contributed by atoms with van der Waals surface area (Å²) in [5.41, 5.74) is 2.30. The summed E-state index contributed by atoms with van der Waals surface area (Å²) in [6.45, 7) is 2.41. The molecule has 1 aliphatic rings. The van der Waals surface area contributed by atoms with Crippen molar-refractivity contribution in [2.24, 2.45) is 0 Å². The first-order valence-corrected chi connectivity index (χ1v) is 5.90. The first-order valence-electron chi connectivity index (χ1n) is 5.90. The molecule has 0 saturated carbocycles. The van der Waals surface area contributed by atoms with E-state index in [4.69, 9.17) is 4.74 Å². The smallest absolute Gasteiger partial charge is 0.0980 e. The van der Waals surface area contributed by atoms with Gasteiger partial charge in [-0.1, -0.05) is 36.4 Å². The number of fused-ring (bicyclic) bond motifs is 1. The highest BCUT2D eigenvalue weighted by Crippen LogP contribution is 2.33. The first-order chi connectivity index (χ1) is 8.22. The van der Waals surface area contributed by atoms with E-state index in [9.17, 15) is 10.2 Å². The third kappa shape index (κ3) is 2.75. The lowest BCUT2D eigenvalue weighted by molar-refractivity contribution is -0.0151. The minimum Gasteiger partial charge on any atom is -0.390 e. The van der Waals surface area contributed by atoms with Crippen molar-refractivity contribution in [2.45, 2.75) is 38.3 Å². The second-order valence-corrected chi connectivity index (χ2v) is 4.32. The molecule has 0 aromatic heterocycles. The van der Waals surface area contributed by atoms with Crippen LogP contribution in [-0.2, 0) is 11.3 Å². The van der Waals surface area contributed by atoms with Crippen LogP contribution in [0, 0.1) is 0 Å². The molecular weight excluding hydrogens is 216 g/mol. The molecule has 0 aliphatic carbocycles. The quantitative estimate of drug-likeness (QED) is 0.783. The van der Waals surface area contributed by atoms with Crippen molar-refractivity contribution in [3.63, 3.8) is 0 Å². The summed E-state index contributed by atoms with van der Waals surface area (Å²) in [4.78, 5) is 0. The van der Waals surface area contributed by atoms with Crippen molar-refractivity contribution in [1.29, 1.82) is 0 Å². The molecule has 3 nitrogen and oxygen atoms in total. The molecule has 0 spiro atoms. The standard InChI is InChI=1S/C14H18O3/c1-2-5-12(15)13(16)8-14-11-7-4-3-6-10(11)9-17-14/h2-7,12-16H,8-9H2,1H3. The summed E-state index contributed by atoms with van der Waals surface area (Å²) >= 11 is 0. The zero-order valence-electron chi connectivity index (χ0n) is 9.91. The Balaban J connectivity index is 2.02. The van der Waals surface area contributed by atoms with Crippen molar-refractivity contribution in [1.82, 2.24) is 0 Å². The lowest BCUT2D eigenvalue weighted by atomic mass is 9.99. The second-order valence-electron chi connectivity index (χ2n) is 4.32. The van der Waals surface area contributed by atoms with Gasteiger partial charge in [0.15, 0.2) is 0 Å². The summed E-state index contributed by atoms with van der Waals surface area (Å²) in [6, 6.07) is 8.00. The molecule has 3 heteroatoms. The van der Waals surface area contributed by atoms with Gasteiger partial charge in [0.05, 0.1) is 24.9 Å². The second kappa shape index (κ2) is 5.45. The van der Waals surface area contributed by atoms with Crippen LogP contribution in [0.15, 0.2) is 36.4 Å². The topological polar surface area (TPSA) is 49.7 Å². The fourth-order valence-corrected chi connectivity index (χ4v) is 2.14. The molecule has 0 saturated heterocycles. The maximum absolute atomic E-state index is 9.85. The Labute approximate surface area is 101 Å². The zero-order valence-corrected chi connectivity index (χ0v) is 9.91. The molecule has 0 fully saturated rings. The molecule has 2 rings (SSSR count). The highest BCUT2D eigenvalue weighted by atomic mass is 16.5. The van der Waals surface area contributed by atoms with E-state index in [0.29, 0.717) is 13.0 Å². The lowest BCUT2D eigenvalue weighted by Crippen LogP contribution is -2.25. The molecule has 1 aliphatic heterocycles. The minimum absolute atomic E-state index is 0.110. The zero-order chi connectivity index (χ0) is 12.3. The van der Waals surface area contributed by atoms with Gasteiger partial charge in [0.1, 0.15) is 0 Å². The summed E-state index contributed by atoms with van der Waals surface area (Å²) in [6.07, 6.45) is 2.02. The van der Waals surface area contributed by atoms with Gasteiger partial charge in [-0.05, 0) is 18.1 Å². The van der Waals surface area contributed by atoms with Crippen LogP contribution in [0.4, 0.5) is 0 Å². The Morgan fingerprint density at radius 3 is 2.94 bits per heavy atom. The van der Waals surface area contributed by atoms with Crippen LogP contribution in [0.3, 0.4) is 0 Å². The molecular formula is C14H18O3. The molecule has 92 valence electrons. The molecule has 2 N–H and O–H groups in total. The van der Waals surface area contributed by atoms with Gasteiger partial charge in [-0.25, -0.2) is 0 Å². The third-order valence-electron chi connectivity index (χ3n) is 3.08. The van der Waals surface area contributed by atoms with Crippen molar-refractivity contribution in [3.8, 4) is 0 Å².